The third-order valence-electron chi connectivity index (χ3n) is 3.80. The minimum absolute atomic E-state index is 0.133. The van der Waals surface area contributed by atoms with Crippen molar-refractivity contribution in [1.29, 1.82) is 0 Å². The van der Waals surface area contributed by atoms with Crippen molar-refractivity contribution >= 4 is 5.84 Å². The third kappa shape index (κ3) is 3.19. The molecule has 2 rings (SSSR count). The lowest BCUT2D eigenvalue weighted by atomic mass is 10.0. The Morgan fingerprint density at radius 3 is 2.42 bits per heavy atom. The van der Waals surface area contributed by atoms with Gasteiger partial charge in [0, 0.05) is 5.56 Å². The van der Waals surface area contributed by atoms with E-state index in [0.29, 0.717) is 5.92 Å². The molecule has 4 nitrogen and oxygen atoms in total. The summed E-state index contributed by atoms with van der Waals surface area (Å²) in [4.78, 5) is 0. The largest absolute Gasteiger partial charge is 0.493 e. The molecule has 0 spiro atoms. The van der Waals surface area contributed by atoms with E-state index in [4.69, 9.17) is 15.7 Å². The number of amidine groups is 1. The molecule has 0 atom stereocenters. The number of rotatable bonds is 4. The zero-order valence-corrected chi connectivity index (χ0v) is 11.6. The van der Waals surface area contributed by atoms with Gasteiger partial charge in [0.15, 0.2) is 5.84 Å². The highest BCUT2D eigenvalue weighted by Gasteiger charge is 2.17. The molecule has 4 heteroatoms. The van der Waals surface area contributed by atoms with Crippen LogP contribution in [-0.2, 0) is 0 Å². The van der Waals surface area contributed by atoms with Crippen molar-refractivity contribution in [2.45, 2.75) is 39.5 Å². The average molecular weight is 262 g/mol. The Morgan fingerprint density at radius 2 is 1.89 bits per heavy atom. The Kier molecular flexibility index (Phi) is 4.30. The van der Waals surface area contributed by atoms with Gasteiger partial charge in [0.2, 0.25) is 0 Å². The van der Waals surface area contributed by atoms with Gasteiger partial charge in [0.05, 0.1) is 6.61 Å². The van der Waals surface area contributed by atoms with E-state index in [1.165, 1.54) is 25.7 Å². The highest BCUT2D eigenvalue weighted by Crippen LogP contribution is 2.29. The maximum absolute atomic E-state index is 8.72. The first-order chi connectivity index (χ1) is 9.11. The Bertz CT molecular complexity index is 454. The van der Waals surface area contributed by atoms with Gasteiger partial charge in [-0.15, -0.1) is 0 Å². The van der Waals surface area contributed by atoms with Crippen molar-refractivity contribution in [2.75, 3.05) is 6.61 Å². The summed E-state index contributed by atoms with van der Waals surface area (Å²) in [5, 5.41) is 11.8. The number of hydrogen-bond acceptors (Lipinski definition) is 3. The number of nitrogens with zero attached hydrogens (tertiary/aromatic N) is 1. The number of hydrogen-bond donors (Lipinski definition) is 2. The molecule has 19 heavy (non-hydrogen) atoms. The molecule has 3 N–H and O–H groups in total. The van der Waals surface area contributed by atoms with E-state index in [1.54, 1.807) is 0 Å². The molecule has 0 saturated heterocycles. The van der Waals surface area contributed by atoms with Crippen molar-refractivity contribution in [1.82, 2.24) is 0 Å². The van der Waals surface area contributed by atoms with Crippen LogP contribution in [0.5, 0.6) is 5.75 Å². The van der Waals surface area contributed by atoms with Crippen LogP contribution in [0.3, 0.4) is 0 Å². The monoisotopic (exact) mass is 262 g/mol. The molecule has 0 radical (unpaired) electrons. The number of oxime groups is 1. The summed E-state index contributed by atoms with van der Waals surface area (Å²) in [5.41, 5.74) is 8.40. The van der Waals surface area contributed by atoms with Crippen LogP contribution < -0.4 is 10.5 Å². The first-order valence-corrected chi connectivity index (χ1v) is 6.83. The van der Waals surface area contributed by atoms with Gasteiger partial charge in [-0.2, -0.15) is 0 Å². The van der Waals surface area contributed by atoms with E-state index in [1.807, 2.05) is 26.0 Å². The average Bonchev–Trinajstić information content (AvgIpc) is 2.89. The summed E-state index contributed by atoms with van der Waals surface area (Å²) in [6.07, 6.45) is 5.21. The number of nitrogens with two attached hydrogens (primary N) is 1. The topological polar surface area (TPSA) is 67.8 Å². The van der Waals surface area contributed by atoms with Gasteiger partial charge in [-0.1, -0.05) is 18.0 Å². The molecule has 1 aromatic rings. The molecule has 1 aromatic carbocycles. The smallest absolute Gasteiger partial charge is 0.170 e. The van der Waals surface area contributed by atoms with E-state index in [-0.39, 0.29) is 5.84 Å². The van der Waals surface area contributed by atoms with Crippen molar-refractivity contribution < 1.29 is 9.94 Å². The predicted octanol–water partition coefficient (Wildman–Crippen LogP) is 2.97. The second-order valence-electron chi connectivity index (χ2n) is 5.39. The maximum Gasteiger partial charge on any atom is 0.170 e. The lowest BCUT2D eigenvalue weighted by Gasteiger charge is -2.16. The molecule has 0 bridgehead atoms. The zero-order valence-electron chi connectivity index (χ0n) is 11.6. The van der Waals surface area contributed by atoms with Gasteiger partial charge in [-0.05, 0) is 55.9 Å². The normalized spacial score (nSPS) is 16.8. The molecule has 1 saturated carbocycles. The highest BCUT2D eigenvalue weighted by atomic mass is 16.5. The summed E-state index contributed by atoms with van der Waals surface area (Å²) in [7, 11) is 0. The standard InChI is InChI=1S/C15H22N2O2/c1-10-7-13(15(16)17-18)8-11(2)14(10)19-9-12-5-3-4-6-12/h7-8,12,18H,3-6,9H2,1-2H3,(H2,16,17). The Labute approximate surface area is 114 Å². The van der Waals surface area contributed by atoms with Crippen LogP contribution in [0, 0.1) is 19.8 Å². The van der Waals surface area contributed by atoms with Crippen molar-refractivity contribution in [3.63, 3.8) is 0 Å². The molecule has 0 aromatic heterocycles. The molecular weight excluding hydrogens is 240 g/mol. The highest BCUT2D eigenvalue weighted by molar-refractivity contribution is 5.97. The molecule has 0 unspecified atom stereocenters. The van der Waals surface area contributed by atoms with E-state index in [0.717, 1.165) is 29.0 Å². The molecule has 104 valence electrons. The summed E-state index contributed by atoms with van der Waals surface area (Å²) >= 11 is 0. The second-order valence-corrected chi connectivity index (χ2v) is 5.39. The summed E-state index contributed by atoms with van der Waals surface area (Å²) < 4.78 is 5.98. The van der Waals surface area contributed by atoms with Crippen LogP contribution >= 0.6 is 0 Å². The van der Waals surface area contributed by atoms with Crippen LogP contribution in [-0.4, -0.2) is 17.6 Å². The van der Waals surface area contributed by atoms with Crippen LogP contribution in [0.4, 0.5) is 0 Å². The molecule has 1 aliphatic rings. The van der Waals surface area contributed by atoms with Gasteiger partial charge in [0.25, 0.3) is 0 Å². The number of benzene rings is 1. The molecule has 1 fully saturated rings. The molecule has 1 aliphatic carbocycles. The molecule has 0 amide bonds. The second kappa shape index (κ2) is 5.95. The summed E-state index contributed by atoms with van der Waals surface area (Å²) in [6.45, 7) is 4.78. The van der Waals surface area contributed by atoms with Crippen LogP contribution in [0.15, 0.2) is 17.3 Å². The van der Waals surface area contributed by atoms with Crippen molar-refractivity contribution in [3.8, 4) is 5.75 Å². The van der Waals surface area contributed by atoms with E-state index < -0.39 is 0 Å². The molecule has 0 heterocycles. The van der Waals surface area contributed by atoms with E-state index in [2.05, 4.69) is 5.16 Å². The van der Waals surface area contributed by atoms with Gasteiger partial charge in [0.1, 0.15) is 5.75 Å². The molecule has 0 aliphatic heterocycles. The summed E-state index contributed by atoms with van der Waals surface area (Å²) in [5.74, 6) is 1.76. The minimum Gasteiger partial charge on any atom is -0.493 e. The first kappa shape index (κ1) is 13.7. The number of ether oxygens (including phenoxy) is 1. The van der Waals surface area contributed by atoms with E-state index in [9.17, 15) is 0 Å². The Balaban J connectivity index is 2.12. The Morgan fingerprint density at radius 1 is 1.32 bits per heavy atom. The quantitative estimate of drug-likeness (QED) is 0.379. The van der Waals surface area contributed by atoms with E-state index >= 15 is 0 Å². The number of aryl methyl sites for hydroxylation is 2. The van der Waals surface area contributed by atoms with Gasteiger partial charge < -0.3 is 15.7 Å². The summed E-state index contributed by atoms with van der Waals surface area (Å²) in [6, 6.07) is 3.79. The fraction of sp³-hybridized carbons (Fsp3) is 0.533. The maximum atomic E-state index is 8.72. The van der Waals surface area contributed by atoms with Crippen LogP contribution in [0.2, 0.25) is 0 Å². The van der Waals surface area contributed by atoms with Gasteiger partial charge in [-0.25, -0.2) is 0 Å². The minimum atomic E-state index is 0.133. The van der Waals surface area contributed by atoms with Gasteiger partial charge in [-0.3, -0.25) is 0 Å². The lowest BCUT2D eigenvalue weighted by Crippen LogP contribution is -2.14. The first-order valence-electron chi connectivity index (χ1n) is 6.83. The predicted molar refractivity (Wildman–Crippen MR) is 75.9 cm³/mol. The van der Waals surface area contributed by atoms with Crippen LogP contribution in [0.25, 0.3) is 0 Å². The van der Waals surface area contributed by atoms with Crippen LogP contribution in [0.1, 0.15) is 42.4 Å². The van der Waals surface area contributed by atoms with Crippen molar-refractivity contribution in [3.05, 3.63) is 28.8 Å². The fourth-order valence-corrected chi connectivity index (χ4v) is 2.76. The van der Waals surface area contributed by atoms with Crippen molar-refractivity contribution in [2.24, 2.45) is 16.8 Å². The van der Waals surface area contributed by atoms with Gasteiger partial charge >= 0.3 is 0 Å². The fourth-order valence-electron chi connectivity index (χ4n) is 2.76. The zero-order chi connectivity index (χ0) is 13.8. The third-order valence-corrected chi connectivity index (χ3v) is 3.80. The molecular formula is C15H22N2O2. The lowest BCUT2D eigenvalue weighted by molar-refractivity contribution is 0.249. The SMILES string of the molecule is Cc1cc(/C(N)=N/O)cc(C)c1OCC1CCCC1. The Hall–Kier alpha value is -1.71.